The van der Waals surface area contributed by atoms with Gasteiger partial charge in [0.25, 0.3) is 0 Å². The predicted molar refractivity (Wildman–Crippen MR) is 83.1 cm³/mol. The Labute approximate surface area is 130 Å². The Hall–Kier alpha value is -0.970. The molecule has 21 heavy (non-hydrogen) atoms. The third-order valence-corrected chi connectivity index (χ3v) is 5.55. The second-order valence-corrected chi connectivity index (χ2v) is 7.32. The zero-order valence-corrected chi connectivity index (χ0v) is 13.6. The smallest absolute Gasteiger partial charge is 0.302 e. The molecule has 4 atom stereocenters. The van der Waals surface area contributed by atoms with Crippen molar-refractivity contribution >= 4 is 23.7 Å². The maximum atomic E-state index is 11.3. The van der Waals surface area contributed by atoms with Crippen LogP contribution in [0.4, 0.5) is 0 Å². The molecular formula is C16H24O4S. The minimum Gasteiger partial charge on any atom is -0.462 e. The molecule has 5 heteroatoms. The van der Waals surface area contributed by atoms with Crippen molar-refractivity contribution in [3.8, 4) is 0 Å². The van der Waals surface area contributed by atoms with Crippen LogP contribution in [0.3, 0.4) is 0 Å². The molecular weight excluding hydrogens is 288 g/mol. The highest BCUT2D eigenvalue weighted by Gasteiger charge is 2.36. The molecule has 0 aromatic carbocycles. The maximum absolute atomic E-state index is 11.3. The van der Waals surface area contributed by atoms with Gasteiger partial charge in [0.15, 0.2) is 0 Å². The number of rotatable bonds is 2. The summed E-state index contributed by atoms with van der Waals surface area (Å²) in [6, 6.07) is 0. The molecule has 2 aliphatic heterocycles. The lowest BCUT2D eigenvalue weighted by Crippen LogP contribution is -2.39. The number of hydrogen-bond acceptors (Lipinski definition) is 5. The standard InChI is InChI=1S/C16H24O4S/c1-11(17)19-13-9-14-7-5-3-4-6-8-15(20-12(2)18)16(10-13)21-14/h3-4,13-16H,5-10H2,1-2H3/b4-3-. The van der Waals surface area contributed by atoms with Gasteiger partial charge in [-0.1, -0.05) is 12.2 Å². The van der Waals surface area contributed by atoms with E-state index in [0.717, 1.165) is 38.5 Å². The van der Waals surface area contributed by atoms with Crippen LogP contribution in [0.25, 0.3) is 0 Å². The van der Waals surface area contributed by atoms with Gasteiger partial charge in [0.05, 0.1) is 0 Å². The van der Waals surface area contributed by atoms with Gasteiger partial charge in [0, 0.05) is 24.3 Å². The number of fused-ring (bicyclic) bond motifs is 2. The van der Waals surface area contributed by atoms with Crippen LogP contribution in [0.5, 0.6) is 0 Å². The molecule has 2 rings (SSSR count). The molecule has 0 N–H and O–H groups in total. The first-order chi connectivity index (χ1) is 10.0. The minimum absolute atomic E-state index is 0.0415. The second-order valence-electron chi connectivity index (χ2n) is 5.77. The fraction of sp³-hybridized carbons (Fsp3) is 0.750. The molecule has 118 valence electrons. The Bertz CT molecular complexity index is 407. The number of hydrogen-bond donors (Lipinski definition) is 0. The maximum Gasteiger partial charge on any atom is 0.302 e. The van der Waals surface area contributed by atoms with Gasteiger partial charge in [-0.05, 0) is 38.5 Å². The number of ether oxygens (including phenoxy) is 2. The lowest BCUT2D eigenvalue weighted by atomic mass is 9.98. The van der Waals surface area contributed by atoms with Gasteiger partial charge in [-0.2, -0.15) is 11.8 Å². The van der Waals surface area contributed by atoms with E-state index in [0.29, 0.717) is 5.25 Å². The molecule has 1 saturated heterocycles. The van der Waals surface area contributed by atoms with Crippen molar-refractivity contribution in [1.29, 1.82) is 0 Å². The second kappa shape index (κ2) is 7.87. The van der Waals surface area contributed by atoms with E-state index in [2.05, 4.69) is 12.2 Å². The summed E-state index contributed by atoms with van der Waals surface area (Å²) in [7, 11) is 0. The van der Waals surface area contributed by atoms with Crippen molar-refractivity contribution < 1.29 is 19.1 Å². The van der Waals surface area contributed by atoms with Gasteiger partial charge in [0.2, 0.25) is 0 Å². The third kappa shape index (κ3) is 5.38. The molecule has 0 amide bonds. The molecule has 0 aliphatic carbocycles. The van der Waals surface area contributed by atoms with E-state index in [1.807, 2.05) is 11.8 Å². The van der Waals surface area contributed by atoms with E-state index in [-0.39, 0.29) is 29.4 Å². The predicted octanol–water partition coefficient (Wildman–Crippen LogP) is 3.24. The Balaban J connectivity index is 2.10. The Morgan fingerprint density at radius 3 is 2.33 bits per heavy atom. The van der Waals surface area contributed by atoms with Crippen molar-refractivity contribution in [2.45, 2.75) is 75.1 Å². The largest absolute Gasteiger partial charge is 0.462 e. The zero-order valence-electron chi connectivity index (χ0n) is 12.7. The molecule has 2 bridgehead atoms. The highest BCUT2D eigenvalue weighted by atomic mass is 32.2. The average molecular weight is 312 g/mol. The van der Waals surface area contributed by atoms with Crippen LogP contribution in [0, 0.1) is 0 Å². The van der Waals surface area contributed by atoms with Crippen LogP contribution >= 0.6 is 11.8 Å². The van der Waals surface area contributed by atoms with E-state index in [9.17, 15) is 9.59 Å². The molecule has 0 saturated carbocycles. The van der Waals surface area contributed by atoms with Gasteiger partial charge in [-0.3, -0.25) is 9.59 Å². The molecule has 0 aromatic heterocycles. The number of carbonyl (C=O) groups excluding carboxylic acids is 2. The van der Waals surface area contributed by atoms with Crippen molar-refractivity contribution in [1.82, 2.24) is 0 Å². The normalized spacial score (nSPS) is 34.6. The first-order valence-corrected chi connectivity index (χ1v) is 8.63. The van der Waals surface area contributed by atoms with E-state index < -0.39 is 0 Å². The number of carbonyl (C=O) groups is 2. The highest BCUT2D eigenvalue weighted by Crippen LogP contribution is 2.39. The Kier molecular flexibility index (Phi) is 6.15. The quantitative estimate of drug-likeness (QED) is 0.579. The monoisotopic (exact) mass is 312 g/mol. The molecule has 2 aliphatic rings. The van der Waals surface area contributed by atoms with Crippen LogP contribution in [0.2, 0.25) is 0 Å². The molecule has 4 nitrogen and oxygen atoms in total. The van der Waals surface area contributed by atoms with Crippen LogP contribution in [0.15, 0.2) is 12.2 Å². The zero-order chi connectivity index (χ0) is 15.2. The van der Waals surface area contributed by atoms with Crippen molar-refractivity contribution in [3.63, 3.8) is 0 Å². The first-order valence-electron chi connectivity index (χ1n) is 7.69. The third-order valence-electron chi connectivity index (χ3n) is 3.89. The summed E-state index contributed by atoms with van der Waals surface area (Å²) < 4.78 is 11.0. The van der Waals surface area contributed by atoms with Crippen LogP contribution in [0.1, 0.15) is 52.4 Å². The molecule has 4 unspecified atom stereocenters. The first kappa shape index (κ1) is 16.4. The van der Waals surface area contributed by atoms with Crippen molar-refractivity contribution in [2.75, 3.05) is 0 Å². The van der Waals surface area contributed by atoms with Crippen molar-refractivity contribution in [2.24, 2.45) is 0 Å². The summed E-state index contributed by atoms with van der Waals surface area (Å²) in [5.41, 5.74) is 0. The van der Waals surface area contributed by atoms with Crippen molar-refractivity contribution in [3.05, 3.63) is 12.2 Å². The summed E-state index contributed by atoms with van der Waals surface area (Å²) in [6.07, 6.45) is 9.87. The van der Waals surface area contributed by atoms with E-state index >= 15 is 0 Å². The topological polar surface area (TPSA) is 52.6 Å². The lowest BCUT2D eigenvalue weighted by molar-refractivity contribution is -0.151. The summed E-state index contributed by atoms with van der Waals surface area (Å²) in [5, 5.41) is 0.692. The number of thioether (sulfide) groups is 1. The van der Waals surface area contributed by atoms with Crippen LogP contribution in [-0.2, 0) is 19.1 Å². The van der Waals surface area contributed by atoms with E-state index in [1.54, 1.807) is 0 Å². The summed E-state index contributed by atoms with van der Waals surface area (Å²) >= 11 is 1.91. The summed E-state index contributed by atoms with van der Waals surface area (Å²) in [5.74, 6) is -0.451. The SMILES string of the molecule is CC(=O)OC1CC2CC/C=C\CCC(OC(C)=O)C(C1)S2. The van der Waals surface area contributed by atoms with Gasteiger partial charge >= 0.3 is 11.9 Å². The molecule has 0 aromatic rings. The van der Waals surface area contributed by atoms with Gasteiger partial charge in [-0.25, -0.2) is 0 Å². The van der Waals surface area contributed by atoms with E-state index in [4.69, 9.17) is 9.47 Å². The van der Waals surface area contributed by atoms with Gasteiger partial charge in [-0.15, -0.1) is 0 Å². The summed E-state index contributed by atoms with van der Waals surface area (Å²) in [6.45, 7) is 2.92. The lowest BCUT2D eigenvalue weighted by Gasteiger charge is -2.37. The molecule has 0 radical (unpaired) electrons. The van der Waals surface area contributed by atoms with E-state index in [1.165, 1.54) is 13.8 Å². The fourth-order valence-corrected chi connectivity index (χ4v) is 4.86. The summed E-state index contributed by atoms with van der Waals surface area (Å²) in [4.78, 5) is 22.6. The molecule has 2 heterocycles. The fourth-order valence-electron chi connectivity index (χ4n) is 3.08. The number of esters is 2. The van der Waals surface area contributed by atoms with Crippen LogP contribution in [-0.4, -0.2) is 34.6 Å². The minimum atomic E-state index is -0.229. The Morgan fingerprint density at radius 1 is 1.00 bits per heavy atom. The van der Waals surface area contributed by atoms with Crippen LogP contribution < -0.4 is 0 Å². The number of allylic oxidation sites excluding steroid dienone is 2. The van der Waals surface area contributed by atoms with Gasteiger partial charge in [0.1, 0.15) is 12.2 Å². The average Bonchev–Trinajstić information content (AvgIpc) is 2.39. The highest BCUT2D eigenvalue weighted by molar-refractivity contribution is 8.00. The van der Waals surface area contributed by atoms with Gasteiger partial charge < -0.3 is 9.47 Å². The molecule has 1 fully saturated rings. The molecule has 0 spiro atoms. The Morgan fingerprint density at radius 2 is 1.67 bits per heavy atom.